The number of ether oxygens (including phenoxy) is 1. The number of rotatable bonds is 6. The minimum atomic E-state index is 0.181. The Morgan fingerprint density at radius 2 is 1.20 bits per heavy atom. The second-order valence-electron chi connectivity index (χ2n) is 7.80. The quantitative estimate of drug-likeness (QED) is 0.206. The van der Waals surface area contributed by atoms with Gasteiger partial charge in [-0.3, -0.25) is 9.59 Å². The zero-order valence-corrected chi connectivity index (χ0v) is 21.4. The number of halogens is 1. The smallest absolute Gasteiger partial charge is 0.150 e. The Bertz CT molecular complexity index is 1190. The third kappa shape index (κ3) is 10.8. The van der Waals surface area contributed by atoms with Crippen LogP contribution in [0.4, 0.5) is 0 Å². The molecular weight excluding hydrogens is 504 g/mol. The number of carbonyl (C=O) groups is 2. The molecule has 0 aliphatic carbocycles. The van der Waals surface area contributed by atoms with Crippen LogP contribution in [0.2, 0.25) is 0 Å². The monoisotopic (exact) mass is 532 g/mol. The summed E-state index contributed by atoms with van der Waals surface area (Å²) in [4.78, 5) is 20.5. The van der Waals surface area contributed by atoms with Gasteiger partial charge in [-0.2, -0.15) is 0 Å². The summed E-state index contributed by atoms with van der Waals surface area (Å²) in [5.41, 5.74) is 6.27. The van der Waals surface area contributed by atoms with Crippen molar-refractivity contribution in [3.05, 3.63) is 130 Å². The highest BCUT2D eigenvalue weighted by Gasteiger charge is 1.97. The summed E-state index contributed by atoms with van der Waals surface area (Å²) in [7, 11) is 0. The lowest BCUT2D eigenvalue weighted by Gasteiger charge is -2.06. The fourth-order valence-electron chi connectivity index (χ4n) is 2.96. The van der Waals surface area contributed by atoms with E-state index in [2.05, 4.69) is 66.2 Å². The van der Waals surface area contributed by atoms with Gasteiger partial charge in [0.15, 0.2) is 0 Å². The van der Waals surface area contributed by atoms with E-state index < -0.39 is 0 Å². The molecule has 5 heteroatoms. The van der Waals surface area contributed by atoms with Gasteiger partial charge in [0.1, 0.15) is 30.7 Å². The summed E-state index contributed by atoms with van der Waals surface area (Å²) in [6.07, 6.45) is 1.56. The first-order chi connectivity index (χ1) is 16.9. The van der Waals surface area contributed by atoms with Crippen molar-refractivity contribution in [1.82, 2.24) is 0 Å². The van der Waals surface area contributed by atoms with E-state index in [1.54, 1.807) is 36.4 Å². The standard InChI is InChI=1S/C15H14O2.C8H9Br.C7H6O2/c1-12-3-2-4-14(9-12)11-17-15-7-5-13(10-16)6-8-15;1-7-3-2-4-8(5-7)6-9;8-5-6-1-3-7(9)4-2-6/h2-10H,11H2,1H3;2-5H,6H2,1H3;1-5,9H. The van der Waals surface area contributed by atoms with Gasteiger partial charge >= 0.3 is 0 Å². The van der Waals surface area contributed by atoms with Crippen LogP contribution in [0.25, 0.3) is 0 Å². The molecule has 35 heavy (non-hydrogen) atoms. The van der Waals surface area contributed by atoms with Crippen LogP contribution in [0.5, 0.6) is 11.5 Å². The van der Waals surface area contributed by atoms with E-state index in [1.165, 1.54) is 28.8 Å². The summed E-state index contributed by atoms with van der Waals surface area (Å²) >= 11 is 3.39. The zero-order valence-electron chi connectivity index (χ0n) is 19.9. The van der Waals surface area contributed by atoms with Crippen molar-refractivity contribution < 1.29 is 19.4 Å². The van der Waals surface area contributed by atoms with Crippen LogP contribution in [0.15, 0.2) is 97.1 Å². The predicted octanol–water partition coefficient (Wildman–Crippen LogP) is 7.48. The fraction of sp³-hybridized carbons (Fsp3) is 0.133. The molecule has 1 N–H and O–H groups in total. The molecule has 4 aromatic rings. The molecular formula is C30H29BrO4. The Morgan fingerprint density at radius 3 is 1.66 bits per heavy atom. The molecule has 0 aliphatic rings. The summed E-state index contributed by atoms with van der Waals surface area (Å²) in [6, 6.07) is 29.8. The molecule has 180 valence electrons. The van der Waals surface area contributed by atoms with Gasteiger partial charge in [-0.25, -0.2) is 0 Å². The van der Waals surface area contributed by atoms with Gasteiger partial charge in [0, 0.05) is 16.5 Å². The number of hydrogen-bond acceptors (Lipinski definition) is 4. The maximum atomic E-state index is 10.5. The van der Waals surface area contributed by atoms with Crippen LogP contribution in [-0.4, -0.2) is 17.7 Å². The van der Waals surface area contributed by atoms with Gasteiger partial charge in [0.05, 0.1) is 0 Å². The number of alkyl halides is 1. The van der Waals surface area contributed by atoms with Crippen molar-refractivity contribution in [2.75, 3.05) is 0 Å². The van der Waals surface area contributed by atoms with Crippen LogP contribution in [0.3, 0.4) is 0 Å². The molecule has 0 saturated heterocycles. The lowest BCUT2D eigenvalue weighted by Crippen LogP contribution is -1.95. The number of benzene rings is 4. The van der Waals surface area contributed by atoms with Crippen molar-refractivity contribution in [2.24, 2.45) is 0 Å². The molecule has 0 bridgehead atoms. The van der Waals surface area contributed by atoms with Crippen molar-refractivity contribution in [1.29, 1.82) is 0 Å². The van der Waals surface area contributed by atoms with Crippen LogP contribution in [0, 0.1) is 13.8 Å². The number of aromatic hydroxyl groups is 1. The molecule has 0 unspecified atom stereocenters. The Morgan fingerprint density at radius 1 is 0.714 bits per heavy atom. The van der Waals surface area contributed by atoms with E-state index in [-0.39, 0.29) is 5.75 Å². The average Bonchev–Trinajstić information content (AvgIpc) is 2.89. The third-order valence-electron chi connectivity index (χ3n) is 4.77. The van der Waals surface area contributed by atoms with Gasteiger partial charge < -0.3 is 9.84 Å². The van der Waals surface area contributed by atoms with E-state index >= 15 is 0 Å². The normalized spacial score (nSPS) is 9.57. The number of aldehydes is 2. The summed E-state index contributed by atoms with van der Waals surface area (Å²) < 4.78 is 5.63. The Hall–Kier alpha value is -3.70. The lowest BCUT2D eigenvalue weighted by molar-refractivity contribution is 0.111. The average molecular weight is 533 g/mol. The predicted molar refractivity (Wildman–Crippen MR) is 145 cm³/mol. The first-order valence-electron chi connectivity index (χ1n) is 11.0. The first kappa shape index (κ1) is 27.5. The summed E-state index contributed by atoms with van der Waals surface area (Å²) in [6.45, 7) is 4.71. The zero-order chi connectivity index (χ0) is 25.5. The number of hydrogen-bond donors (Lipinski definition) is 1. The molecule has 0 radical (unpaired) electrons. The van der Waals surface area contributed by atoms with Gasteiger partial charge in [-0.15, -0.1) is 0 Å². The largest absolute Gasteiger partial charge is 0.508 e. The van der Waals surface area contributed by atoms with Crippen LogP contribution in [-0.2, 0) is 11.9 Å². The first-order valence-corrected chi connectivity index (χ1v) is 12.1. The molecule has 4 aromatic carbocycles. The second kappa shape index (κ2) is 15.3. The number of phenols is 1. The lowest BCUT2D eigenvalue weighted by atomic mass is 10.1. The van der Waals surface area contributed by atoms with E-state index in [9.17, 15) is 9.59 Å². The molecule has 0 saturated carbocycles. The van der Waals surface area contributed by atoms with E-state index in [4.69, 9.17) is 9.84 Å². The van der Waals surface area contributed by atoms with Crippen molar-refractivity contribution in [3.8, 4) is 11.5 Å². The molecule has 0 aromatic heterocycles. The van der Waals surface area contributed by atoms with Crippen molar-refractivity contribution >= 4 is 28.5 Å². The topological polar surface area (TPSA) is 63.6 Å². The van der Waals surface area contributed by atoms with Crippen LogP contribution < -0.4 is 4.74 Å². The number of aryl methyl sites for hydroxylation is 2. The highest BCUT2D eigenvalue weighted by Crippen LogP contribution is 2.14. The maximum absolute atomic E-state index is 10.5. The minimum absolute atomic E-state index is 0.181. The molecule has 0 atom stereocenters. The van der Waals surface area contributed by atoms with E-state index in [0.717, 1.165) is 29.2 Å². The van der Waals surface area contributed by atoms with Gasteiger partial charge in [0.2, 0.25) is 0 Å². The number of carbonyl (C=O) groups excluding carboxylic acids is 2. The summed E-state index contributed by atoms with van der Waals surface area (Å²) in [5.74, 6) is 0.956. The van der Waals surface area contributed by atoms with E-state index in [1.807, 2.05) is 12.1 Å². The van der Waals surface area contributed by atoms with Gasteiger partial charge in [0.25, 0.3) is 0 Å². The minimum Gasteiger partial charge on any atom is -0.508 e. The third-order valence-corrected chi connectivity index (χ3v) is 5.42. The van der Waals surface area contributed by atoms with Crippen LogP contribution in [0.1, 0.15) is 43.0 Å². The fourth-order valence-corrected chi connectivity index (χ4v) is 3.31. The molecule has 0 heterocycles. The Labute approximate surface area is 215 Å². The molecule has 0 spiro atoms. The van der Waals surface area contributed by atoms with Gasteiger partial charge in [-0.05, 0) is 73.5 Å². The summed E-state index contributed by atoms with van der Waals surface area (Å²) in [5, 5.41) is 9.69. The molecule has 0 amide bonds. The maximum Gasteiger partial charge on any atom is 0.150 e. The number of phenolic OH excluding ortho intramolecular Hbond substituents is 1. The molecule has 0 fully saturated rings. The van der Waals surface area contributed by atoms with Crippen molar-refractivity contribution in [2.45, 2.75) is 25.8 Å². The van der Waals surface area contributed by atoms with Crippen molar-refractivity contribution in [3.63, 3.8) is 0 Å². The second-order valence-corrected chi connectivity index (χ2v) is 8.36. The van der Waals surface area contributed by atoms with Crippen LogP contribution >= 0.6 is 15.9 Å². The molecule has 4 rings (SSSR count). The highest BCUT2D eigenvalue weighted by atomic mass is 79.9. The van der Waals surface area contributed by atoms with E-state index in [0.29, 0.717) is 17.7 Å². The van der Waals surface area contributed by atoms with Gasteiger partial charge in [-0.1, -0.05) is 75.6 Å². The molecule has 4 nitrogen and oxygen atoms in total. The SMILES string of the molecule is Cc1cccc(CBr)c1.Cc1cccc(COc2ccc(C=O)cc2)c1.O=Cc1ccc(O)cc1. The highest BCUT2D eigenvalue weighted by molar-refractivity contribution is 9.08. The Balaban J connectivity index is 0.000000203. The Kier molecular flexibility index (Phi) is 12.0. The molecule has 0 aliphatic heterocycles.